The third-order valence-corrected chi connectivity index (χ3v) is 5.87. The van der Waals surface area contributed by atoms with Crippen LogP contribution in [0.15, 0.2) is 22.7 Å². The van der Waals surface area contributed by atoms with Crippen LogP contribution < -0.4 is 15.4 Å². The van der Waals surface area contributed by atoms with E-state index in [9.17, 15) is 5.11 Å². The number of rotatable bonds is 8. The highest BCUT2D eigenvalue weighted by molar-refractivity contribution is 6.33. The van der Waals surface area contributed by atoms with Crippen LogP contribution in [-0.2, 0) is 4.74 Å². The van der Waals surface area contributed by atoms with Gasteiger partial charge in [-0.3, -0.25) is 0 Å². The third-order valence-electron chi connectivity index (χ3n) is 5.54. The monoisotopic (exact) mass is 503 g/mol. The largest absolute Gasteiger partial charge is 0.491 e. The summed E-state index contributed by atoms with van der Waals surface area (Å²) in [6.45, 7) is 8.27. The van der Waals surface area contributed by atoms with Crippen molar-refractivity contribution < 1.29 is 19.1 Å². The Balaban J connectivity index is 0.000000607. The fourth-order valence-corrected chi connectivity index (χ4v) is 3.91. The van der Waals surface area contributed by atoms with Gasteiger partial charge in [-0.15, -0.1) is 0 Å². The number of halogens is 1. The van der Waals surface area contributed by atoms with Crippen molar-refractivity contribution in [1.82, 2.24) is 20.4 Å². The number of nitrogens with zero attached hydrogens (tertiary/aromatic N) is 3. The Morgan fingerprint density at radius 1 is 1.14 bits per heavy atom. The molecule has 0 amide bonds. The van der Waals surface area contributed by atoms with Gasteiger partial charge in [0.25, 0.3) is 0 Å². The maximum Gasteiger partial charge on any atom is 0.163 e. The predicted molar refractivity (Wildman–Crippen MR) is 137 cm³/mol. The molecule has 1 atom stereocenters. The quantitative estimate of drug-likeness (QED) is 0.416. The lowest BCUT2D eigenvalue weighted by atomic mass is 10.0. The molecule has 1 aliphatic heterocycles. The molecule has 190 valence electrons. The molecule has 4 rings (SSSR count). The molecule has 0 spiro atoms. The molecule has 1 unspecified atom stereocenters. The number of anilines is 1. The smallest absolute Gasteiger partial charge is 0.163 e. The van der Waals surface area contributed by atoms with Crippen LogP contribution in [0.5, 0.6) is 5.75 Å². The lowest BCUT2D eigenvalue weighted by Crippen LogP contribution is -2.29. The second-order valence-electron chi connectivity index (χ2n) is 8.30. The molecule has 3 aromatic rings. The number of hydrogen-bond acceptors (Lipinski definition) is 9. The maximum absolute atomic E-state index is 9.88. The van der Waals surface area contributed by atoms with Crippen LogP contribution in [0, 0.1) is 20.8 Å². The van der Waals surface area contributed by atoms with Crippen LogP contribution >= 0.6 is 11.6 Å². The zero-order chi connectivity index (χ0) is 25.4. The van der Waals surface area contributed by atoms with Crippen LogP contribution in [0.2, 0.25) is 5.02 Å². The van der Waals surface area contributed by atoms with Crippen LogP contribution in [0.25, 0.3) is 22.6 Å². The van der Waals surface area contributed by atoms with Crippen molar-refractivity contribution >= 4 is 17.4 Å². The van der Waals surface area contributed by atoms with Crippen LogP contribution in [0.1, 0.15) is 29.9 Å². The number of likely N-dealkylation sites (N-methyl/N-ethyl adjacent to an activating group) is 1. The second kappa shape index (κ2) is 12.8. The van der Waals surface area contributed by atoms with Crippen molar-refractivity contribution in [2.75, 3.05) is 45.8 Å². The summed E-state index contributed by atoms with van der Waals surface area (Å²) in [7, 11) is 3.58. The van der Waals surface area contributed by atoms with Gasteiger partial charge in [0.05, 0.1) is 22.0 Å². The number of aliphatic hydroxyl groups excluding tert-OH is 1. The molecule has 9 nitrogen and oxygen atoms in total. The van der Waals surface area contributed by atoms with Gasteiger partial charge < -0.3 is 29.7 Å². The minimum Gasteiger partial charge on any atom is -0.491 e. The Morgan fingerprint density at radius 3 is 2.46 bits per heavy atom. The Bertz CT molecular complexity index is 1090. The lowest BCUT2D eigenvalue weighted by molar-refractivity contribution is 0.108. The molecule has 0 radical (unpaired) electrons. The molecular weight excluding hydrogens is 470 g/mol. The first-order valence-electron chi connectivity index (χ1n) is 11.7. The first kappa shape index (κ1) is 26.9. The number of benzene rings is 1. The minimum atomic E-state index is -0.619. The number of hydrogen-bond donors (Lipinski definition) is 3. The number of nitrogens with one attached hydrogen (secondary N) is 2. The molecule has 35 heavy (non-hydrogen) atoms. The van der Waals surface area contributed by atoms with Crippen molar-refractivity contribution in [3.63, 3.8) is 0 Å². The summed E-state index contributed by atoms with van der Waals surface area (Å²) in [6.07, 6.45) is 1.94. The summed E-state index contributed by atoms with van der Waals surface area (Å²) in [5.74, 6) is 2.38. The van der Waals surface area contributed by atoms with E-state index in [0.717, 1.165) is 35.7 Å². The van der Waals surface area contributed by atoms with Gasteiger partial charge in [-0.25, -0.2) is 9.97 Å². The highest BCUT2D eigenvalue weighted by Crippen LogP contribution is 2.35. The van der Waals surface area contributed by atoms with E-state index in [1.54, 1.807) is 32.3 Å². The van der Waals surface area contributed by atoms with Gasteiger partial charge >= 0.3 is 0 Å². The summed E-state index contributed by atoms with van der Waals surface area (Å²) in [5, 5.41) is 20.4. The zero-order valence-corrected chi connectivity index (χ0v) is 21.7. The Labute approximate surface area is 211 Å². The van der Waals surface area contributed by atoms with E-state index < -0.39 is 6.10 Å². The van der Waals surface area contributed by atoms with E-state index in [4.69, 9.17) is 30.6 Å². The molecular formula is C25H34ClN5O4. The second-order valence-corrected chi connectivity index (χ2v) is 8.71. The van der Waals surface area contributed by atoms with Crippen molar-refractivity contribution in [2.45, 2.75) is 39.7 Å². The normalized spacial score (nSPS) is 13.8. The third kappa shape index (κ3) is 6.91. The summed E-state index contributed by atoms with van der Waals surface area (Å²) < 4.78 is 16.0. The molecule has 0 bridgehead atoms. The SMILES string of the molecule is C1CCOC1.CNCC(O)COc1ccc(Cl)c(-c2nc(NC)c(C)c(-c3c(C)noc3C)n2)c1. The van der Waals surface area contributed by atoms with Gasteiger partial charge in [0, 0.05) is 37.9 Å². The fraction of sp³-hybridized carbons (Fsp3) is 0.480. The molecule has 0 aliphatic carbocycles. The van der Waals surface area contributed by atoms with E-state index in [1.807, 2.05) is 20.8 Å². The van der Waals surface area contributed by atoms with Gasteiger partial charge in [0.1, 0.15) is 30.0 Å². The molecule has 1 saturated heterocycles. The van der Waals surface area contributed by atoms with E-state index in [0.29, 0.717) is 40.3 Å². The number of aromatic nitrogens is 3. The molecule has 1 aromatic carbocycles. The van der Waals surface area contributed by atoms with Crippen molar-refractivity contribution in [1.29, 1.82) is 0 Å². The number of aryl methyl sites for hydroxylation is 2. The Hall–Kier alpha value is -2.72. The first-order valence-corrected chi connectivity index (χ1v) is 12.1. The maximum atomic E-state index is 9.88. The lowest BCUT2D eigenvalue weighted by Gasteiger charge is -2.15. The van der Waals surface area contributed by atoms with E-state index in [2.05, 4.69) is 20.8 Å². The number of ether oxygens (including phenoxy) is 2. The molecule has 0 saturated carbocycles. The predicted octanol–water partition coefficient (Wildman–Crippen LogP) is 4.17. The van der Waals surface area contributed by atoms with E-state index in [-0.39, 0.29) is 6.61 Å². The van der Waals surface area contributed by atoms with Gasteiger partial charge in [-0.2, -0.15) is 0 Å². The van der Waals surface area contributed by atoms with Crippen molar-refractivity contribution in [3.05, 3.63) is 40.2 Å². The highest BCUT2D eigenvalue weighted by atomic mass is 35.5. The number of aliphatic hydroxyl groups is 1. The standard InChI is InChI=1S/C21H26ClN5O3.C4H8O/c1-11-19(18-12(2)27-30-13(18)3)25-21(26-20(11)24-5)16-8-15(6-7-17(16)22)29-10-14(28)9-23-4;1-2-4-5-3-1/h6-8,14,23,28H,9-10H2,1-5H3,(H,24,25,26);1-4H2. The fourth-order valence-electron chi connectivity index (χ4n) is 3.71. The first-order chi connectivity index (χ1) is 16.8. The zero-order valence-electron chi connectivity index (χ0n) is 20.9. The van der Waals surface area contributed by atoms with Crippen LogP contribution in [0.4, 0.5) is 5.82 Å². The molecule has 1 aliphatic rings. The van der Waals surface area contributed by atoms with E-state index in [1.165, 1.54) is 12.8 Å². The summed E-state index contributed by atoms with van der Waals surface area (Å²) in [6, 6.07) is 5.25. The molecule has 10 heteroatoms. The van der Waals surface area contributed by atoms with Crippen molar-refractivity contribution in [2.24, 2.45) is 0 Å². The topological polar surface area (TPSA) is 115 Å². The van der Waals surface area contributed by atoms with Gasteiger partial charge in [-0.05, 0) is 58.9 Å². The average Bonchev–Trinajstić information content (AvgIpc) is 3.53. The Morgan fingerprint density at radius 2 is 1.89 bits per heavy atom. The summed E-state index contributed by atoms with van der Waals surface area (Å²) in [5.41, 5.74) is 3.83. The molecule has 3 N–H and O–H groups in total. The average molecular weight is 504 g/mol. The van der Waals surface area contributed by atoms with Crippen LogP contribution in [-0.4, -0.2) is 66.8 Å². The minimum absolute atomic E-state index is 0.156. The molecule has 2 aromatic heterocycles. The van der Waals surface area contributed by atoms with Gasteiger partial charge in [0.2, 0.25) is 0 Å². The van der Waals surface area contributed by atoms with Gasteiger partial charge in [0.15, 0.2) is 5.82 Å². The molecule has 3 heterocycles. The van der Waals surface area contributed by atoms with E-state index >= 15 is 0 Å². The molecule has 1 fully saturated rings. The summed E-state index contributed by atoms with van der Waals surface area (Å²) in [4.78, 5) is 9.44. The summed E-state index contributed by atoms with van der Waals surface area (Å²) >= 11 is 6.47. The Kier molecular flexibility index (Phi) is 9.85. The van der Waals surface area contributed by atoms with Crippen LogP contribution in [0.3, 0.4) is 0 Å². The van der Waals surface area contributed by atoms with Gasteiger partial charge in [-0.1, -0.05) is 16.8 Å². The highest BCUT2D eigenvalue weighted by Gasteiger charge is 2.21. The van der Waals surface area contributed by atoms with Crippen molar-refractivity contribution in [3.8, 4) is 28.4 Å².